The summed E-state index contributed by atoms with van der Waals surface area (Å²) in [6, 6.07) is -0.884. The van der Waals surface area contributed by atoms with E-state index >= 15 is 0 Å². The Morgan fingerprint density at radius 3 is 2.31 bits per heavy atom. The van der Waals surface area contributed by atoms with Crippen LogP contribution in [-0.4, -0.2) is 42.5 Å². The second-order valence-corrected chi connectivity index (χ2v) is 4.23. The molecule has 6 nitrogen and oxygen atoms in total. The fourth-order valence-electron chi connectivity index (χ4n) is 0.970. The summed E-state index contributed by atoms with van der Waals surface area (Å²) in [5.74, 6) is -0.611. The van der Waals surface area contributed by atoms with Crippen molar-refractivity contribution >= 4 is 12.1 Å². The first kappa shape index (κ1) is 14.7. The van der Waals surface area contributed by atoms with Crippen molar-refractivity contribution in [2.75, 3.05) is 13.7 Å². The number of aliphatic hydroxyl groups excluding tert-OH is 1. The molecular formula is C10H19NO5. The lowest BCUT2D eigenvalue weighted by Crippen LogP contribution is -2.44. The zero-order chi connectivity index (χ0) is 12.8. The van der Waals surface area contributed by atoms with Gasteiger partial charge in [-0.05, 0) is 20.8 Å². The maximum atomic E-state index is 11.3. The summed E-state index contributed by atoms with van der Waals surface area (Å²) in [5, 5.41) is 11.1. The van der Waals surface area contributed by atoms with Gasteiger partial charge in [-0.2, -0.15) is 0 Å². The molecule has 0 aliphatic heterocycles. The fraction of sp³-hybridized carbons (Fsp3) is 0.800. The highest BCUT2D eigenvalue weighted by Crippen LogP contribution is 2.07. The van der Waals surface area contributed by atoms with E-state index in [0.717, 1.165) is 0 Å². The molecule has 0 aromatic carbocycles. The van der Waals surface area contributed by atoms with Gasteiger partial charge in [0.05, 0.1) is 7.11 Å². The lowest BCUT2D eigenvalue weighted by Gasteiger charge is -2.22. The first-order valence-corrected chi connectivity index (χ1v) is 4.98. The average Bonchev–Trinajstić information content (AvgIpc) is 2.13. The summed E-state index contributed by atoms with van der Waals surface area (Å²) in [6.45, 7) is 4.92. The number of methoxy groups -OCH3 is 1. The molecule has 0 unspecified atom stereocenters. The van der Waals surface area contributed by atoms with E-state index < -0.39 is 23.7 Å². The summed E-state index contributed by atoms with van der Waals surface area (Å²) in [5.41, 5.74) is -0.635. The number of alkyl carbamates (subject to hydrolysis) is 1. The molecule has 0 aliphatic rings. The molecule has 1 atom stereocenters. The smallest absolute Gasteiger partial charge is 0.408 e. The van der Waals surface area contributed by atoms with Gasteiger partial charge >= 0.3 is 12.1 Å². The van der Waals surface area contributed by atoms with Crippen LogP contribution in [0.25, 0.3) is 0 Å². The van der Waals surface area contributed by atoms with Crippen LogP contribution >= 0.6 is 0 Å². The SMILES string of the molecule is COC(=O)[C@@H](CCO)NC(=O)OC(C)(C)C. The number of rotatable bonds is 4. The van der Waals surface area contributed by atoms with Crippen LogP contribution in [0.4, 0.5) is 4.79 Å². The Balaban J connectivity index is 4.29. The molecule has 2 N–H and O–H groups in total. The maximum Gasteiger partial charge on any atom is 0.408 e. The van der Waals surface area contributed by atoms with Gasteiger partial charge in [-0.25, -0.2) is 9.59 Å². The highest BCUT2D eigenvalue weighted by molar-refractivity contribution is 5.81. The number of hydrogen-bond donors (Lipinski definition) is 2. The van der Waals surface area contributed by atoms with Crippen molar-refractivity contribution in [1.29, 1.82) is 0 Å². The molecule has 0 rings (SSSR count). The number of carbonyl (C=O) groups excluding carboxylic acids is 2. The summed E-state index contributed by atoms with van der Waals surface area (Å²) >= 11 is 0. The molecule has 0 aliphatic carbocycles. The molecule has 0 heterocycles. The van der Waals surface area contributed by atoms with E-state index in [-0.39, 0.29) is 13.0 Å². The van der Waals surface area contributed by atoms with Gasteiger partial charge in [0.15, 0.2) is 0 Å². The number of aliphatic hydroxyl groups is 1. The third kappa shape index (κ3) is 6.23. The Morgan fingerprint density at radius 2 is 1.94 bits per heavy atom. The molecular weight excluding hydrogens is 214 g/mol. The van der Waals surface area contributed by atoms with Gasteiger partial charge < -0.3 is 19.9 Å². The summed E-state index contributed by atoms with van der Waals surface area (Å²) in [6.07, 6.45) is -0.623. The van der Waals surface area contributed by atoms with E-state index in [1.54, 1.807) is 20.8 Å². The highest BCUT2D eigenvalue weighted by Gasteiger charge is 2.24. The largest absolute Gasteiger partial charge is 0.467 e. The number of amides is 1. The molecule has 0 fully saturated rings. The zero-order valence-corrected chi connectivity index (χ0v) is 10.1. The van der Waals surface area contributed by atoms with Gasteiger partial charge in [0, 0.05) is 13.0 Å². The molecule has 6 heteroatoms. The van der Waals surface area contributed by atoms with E-state index in [1.165, 1.54) is 7.11 Å². The molecule has 0 aromatic heterocycles. The van der Waals surface area contributed by atoms with Crippen molar-refractivity contribution in [2.45, 2.75) is 38.8 Å². The minimum absolute atomic E-state index is 0.0892. The van der Waals surface area contributed by atoms with E-state index in [2.05, 4.69) is 10.1 Å². The third-order valence-corrected chi connectivity index (χ3v) is 1.59. The molecule has 0 saturated carbocycles. The van der Waals surface area contributed by atoms with Crippen molar-refractivity contribution in [3.05, 3.63) is 0 Å². The Bertz CT molecular complexity index is 246. The first-order valence-electron chi connectivity index (χ1n) is 4.98. The predicted octanol–water partition coefficient (Wildman–Crippen LogP) is 0.435. The number of carbonyl (C=O) groups is 2. The van der Waals surface area contributed by atoms with E-state index in [9.17, 15) is 9.59 Å². The van der Waals surface area contributed by atoms with Crippen LogP contribution in [0.1, 0.15) is 27.2 Å². The van der Waals surface area contributed by atoms with Crippen LogP contribution in [0.15, 0.2) is 0 Å². The lowest BCUT2D eigenvalue weighted by atomic mass is 10.2. The molecule has 16 heavy (non-hydrogen) atoms. The summed E-state index contributed by atoms with van der Waals surface area (Å²) in [7, 11) is 1.21. The number of hydrogen-bond acceptors (Lipinski definition) is 5. The summed E-state index contributed by atoms with van der Waals surface area (Å²) in [4.78, 5) is 22.5. The van der Waals surface area contributed by atoms with E-state index in [4.69, 9.17) is 9.84 Å². The maximum absolute atomic E-state index is 11.3. The standard InChI is InChI=1S/C10H19NO5/c1-10(2,3)16-9(14)11-7(5-6-12)8(13)15-4/h7,12H,5-6H2,1-4H3,(H,11,14)/t7-/m1/s1. The minimum Gasteiger partial charge on any atom is -0.467 e. The highest BCUT2D eigenvalue weighted by atomic mass is 16.6. The second-order valence-electron chi connectivity index (χ2n) is 4.23. The van der Waals surface area contributed by atoms with Crippen LogP contribution < -0.4 is 5.32 Å². The van der Waals surface area contributed by atoms with Crippen molar-refractivity contribution in [3.63, 3.8) is 0 Å². The van der Waals surface area contributed by atoms with Crippen molar-refractivity contribution < 1.29 is 24.2 Å². The molecule has 0 aromatic rings. The Labute approximate surface area is 94.9 Å². The topological polar surface area (TPSA) is 84.9 Å². The molecule has 1 amide bonds. The van der Waals surface area contributed by atoms with Crippen LogP contribution in [0.2, 0.25) is 0 Å². The molecule has 0 radical (unpaired) electrons. The van der Waals surface area contributed by atoms with Crippen LogP contribution in [0.3, 0.4) is 0 Å². The van der Waals surface area contributed by atoms with Crippen LogP contribution in [-0.2, 0) is 14.3 Å². The Kier molecular flexibility index (Phi) is 5.81. The monoisotopic (exact) mass is 233 g/mol. The first-order chi connectivity index (χ1) is 7.30. The van der Waals surface area contributed by atoms with Gasteiger partial charge in [0.25, 0.3) is 0 Å². The minimum atomic E-state index is -0.884. The summed E-state index contributed by atoms with van der Waals surface area (Å²) < 4.78 is 9.45. The van der Waals surface area contributed by atoms with Gasteiger partial charge in [-0.1, -0.05) is 0 Å². The Morgan fingerprint density at radius 1 is 1.38 bits per heavy atom. The predicted molar refractivity (Wildman–Crippen MR) is 56.9 cm³/mol. The van der Waals surface area contributed by atoms with E-state index in [0.29, 0.717) is 0 Å². The van der Waals surface area contributed by atoms with Gasteiger partial charge in [0.2, 0.25) is 0 Å². The zero-order valence-electron chi connectivity index (χ0n) is 10.1. The molecule has 0 saturated heterocycles. The van der Waals surface area contributed by atoms with Gasteiger partial charge in [-0.15, -0.1) is 0 Å². The van der Waals surface area contributed by atoms with Gasteiger partial charge in [0.1, 0.15) is 11.6 Å². The normalized spacial score (nSPS) is 12.8. The molecule has 0 spiro atoms. The van der Waals surface area contributed by atoms with Crippen molar-refractivity contribution in [3.8, 4) is 0 Å². The number of ether oxygens (including phenoxy) is 2. The number of esters is 1. The van der Waals surface area contributed by atoms with Crippen molar-refractivity contribution in [2.24, 2.45) is 0 Å². The number of nitrogens with one attached hydrogen (secondary N) is 1. The molecule has 94 valence electrons. The quantitative estimate of drug-likeness (QED) is 0.688. The lowest BCUT2D eigenvalue weighted by molar-refractivity contribution is -0.143. The van der Waals surface area contributed by atoms with Gasteiger partial charge in [-0.3, -0.25) is 0 Å². The third-order valence-electron chi connectivity index (χ3n) is 1.59. The van der Waals surface area contributed by atoms with Crippen LogP contribution in [0, 0.1) is 0 Å². The van der Waals surface area contributed by atoms with E-state index in [1.807, 2.05) is 0 Å². The Hall–Kier alpha value is -1.30. The fourth-order valence-corrected chi connectivity index (χ4v) is 0.970. The average molecular weight is 233 g/mol. The van der Waals surface area contributed by atoms with Crippen LogP contribution in [0.5, 0.6) is 0 Å². The van der Waals surface area contributed by atoms with Crippen molar-refractivity contribution in [1.82, 2.24) is 5.32 Å². The molecule has 0 bridgehead atoms. The second kappa shape index (κ2) is 6.32.